The summed E-state index contributed by atoms with van der Waals surface area (Å²) in [4.78, 5) is 0. The zero-order valence-corrected chi connectivity index (χ0v) is 8.81. The number of hydrogen-bond donors (Lipinski definition) is 1. The van der Waals surface area contributed by atoms with Gasteiger partial charge in [-0.1, -0.05) is 19.9 Å². The highest BCUT2D eigenvalue weighted by Crippen LogP contribution is 2.05. The highest BCUT2D eigenvalue weighted by atomic mass is 16.5. The van der Waals surface area contributed by atoms with E-state index in [2.05, 4.69) is 25.2 Å². The van der Waals surface area contributed by atoms with Gasteiger partial charge in [-0.25, -0.2) is 0 Å². The van der Waals surface area contributed by atoms with E-state index in [4.69, 9.17) is 4.74 Å². The zero-order chi connectivity index (χ0) is 9.52. The summed E-state index contributed by atoms with van der Waals surface area (Å²) < 4.78 is 5.37. The SMILES string of the molecule is CCC(CC)NCC1=CCCOC1. The maximum atomic E-state index is 5.37. The van der Waals surface area contributed by atoms with Gasteiger partial charge in [-0.3, -0.25) is 0 Å². The maximum absolute atomic E-state index is 5.37. The fourth-order valence-corrected chi connectivity index (χ4v) is 1.58. The Morgan fingerprint density at radius 1 is 1.46 bits per heavy atom. The monoisotopic (exact) mass is 183 g/mol. The lowest BCUT2D eigenvalue weighted by atomic mass is 10.1. The molecule has 76 valence electrons. The van der Waals surface area contributed by atoms with E-state index in [1.807, 2.05) is 0 Å². The summed E-state index contributed by atoms with van der Waals surface area (Å²) in [6.45, 7) is 7.19. The molecule has 1 heterocycles. The largest absolute Gasteiger partial charge is 0.377 e. The molecule has 0 bridgehead atoms. The van der Waals surface area contributed by atoms with Gasteiger partial charge in [0.2, 0.25) is 0 Å². The molecule has 0 aromatic rings. The number of ether oxygens (including phenoxy) is 1. The fourth-order valence-electron chi connectivity index (χ4n) is 1.58. The zero-order valence-electron chi connectivity index (χ0n) is 8.81. The smallest absolute Gasteiger partial charge is 0.0689 e. The van der Waals surface area contributed by atoms with E-state index in [1.54, 1.807) is 0 Å². The molecule has 2 nitrogen and oxygen atoms in total. The summed E-state index contributed by atoms with van der Waals surface area (Å²) >= 11 is 0. The molecule has 2 heteroatoms. The Morgan fingerprint density at radius 2 is 2.23 bits per heavy atom. The lowest BCUT2D eigenvalue weighted by Gasteiger charge is -2.18. The molecule has 0 amide bonds. The van der Waals surface area contributed by atoms with Crippen molar-refractivity contribution in [2.75, 3.05) is 19.8 Å². The molecule has 0 saturated carbocycles. The maximum Gasteiger partial charge on any atom is 0.0689 e. The van der Waals surface area contributed by atoms with E-state index in [-0.39, 0.29) is 0 Å². The van der Waals surface area contributed by atoms with Gasteiger partial charge in [-0.2, -0.15) is 0 Å². The third-order valence-electron chi connectivity index (χ3n) is 2.59. The van der Waals surface area contributed by atoms with Crippen molar-refractivity contribution in [3.05, 3.63) is 11.6 Å². The quantitative estimate of drug-likeness (QED) is 0.659. The summed E-state index contributed by atoms with van der Waals surface area (Å²) in [5.41, 5.74) is 1.41. The Hall–Kier alpha value is -0.340. The Labute approximate surface area is 81.4 Å². The second kappa shape index (κ2) is 6.17. The molecule has 0 aromatic carbocycles. The van der Waals surface area contributed by atoms with Crippen LogP contribution in [0.1, 0.15) is 33.1 Å². The molecule has 1 rings (SSSR count). The van der Waals surface area contributed by atoms with Gasteiger partial charge in [0.15, 0.2) is 0 Å². The van der Waals surface area contributed by atoms with Crippen LogP contribution in [0.2, 0.25) is 0 Å². The normalized spacial score (nSPS) is 17.6. The molecule has 0 aliphatic carbocycles. The third kappa shape index (κ3) is 3.92. The van der Waals surface area contributed by atoms with Gasteiger partial charge in [0, 0.05) is 12.6 Å². The lowest BCUT2D eigenvalue weighted by molar-refractivity contribution is 0.148. The van der Waals surface area contributed by atoms with Gasteiger partial charge < -0.3 is 10.1 Å². The van der Waals surface area contributed by atoms with Crippen LogP contribution in [0, 0.1) is 0 Å². The van der Waals surface area contributed by atoms with E-state index < -0.39 is 0 Å². The van der Waals surface area contributed by atoms with E-state index in [0.717, 1.165) is 26.2 Å². The average Bonchev–Trinajstić information content (AvgIpc) is 2.21. The molecule has 0 fully saturated rings. The van der Waals surface area contributed by atoms with Crippen molar-refractivity contribution in [3.8, 4) is 0 Å². The van der Waals surface area contributed by atoms with E-state index in [9.17, 15) is 0 Å². The van der Waals surface area contributed by atoms with Crippen molar-refractivity contribution in [2.45, 2.75) is 39.2 Å². The molecule has 1 aliphatic rings. The predicted octanol–water partition coefficient (Wildman–Crippen LogP) is 2.11. The van der Waals surface area contributed by atoms with Crippen LogP contribution in [0.3, 0.4) is 0 Å². The first-order valence-corrected chi connectivity index (χ1v) is 5.35. The number of rotatable bonds is 5. The Balaban J connectivity index is 2.20. The first-order valence-electron chi connectivity index (χ1n) is 5.35. The van der Waals surface area contributed by atoms with Crippen molar-refractivity contribution in [1.29, 1.82) is 0 Å². The molecule has 1 aliphatic heterocycles. The Morgan fingerprint density at radius 3 is 2.77 bits per heavy atom. The van der Waals surface area contributed by atoms with Gasteiger partial charge in [0.25, 0.3) is 0 Å². The first kappa shape index (κ1) is 10.7. The van der Waals surface area contributed by atoms with Crippen molar-refractivity contribution >= 4 is 0 Å². The van der Waals surface area contributed by atoms with Crippen molar-refractivity contribution in [3.63, 3.8) is 0 Å². The average molecular weight is 183 g/mol. The molecule has 0 aromatic heterocycles. The third-order valence-corrected chi connectivity index (χ3v) is 2.59. The molecule has 13 heavy (non-hydrogen) atoms. The van der Waals surface area contributed by atoms with Crippen LogP contribution in [0.15, 0.2) is 11.6 Å². The molecule has 0 spiro atoms. The first-order chi connectivity index (χ1) is 6.36. The Bertz CT molecular complexity index is 161. The highest BCUT2D eigenvalue weighted by molar-refractivity contribution is 5.06. The number of nitrogens with one attached hydrogen (secondary N) is 1. The van der Waals surface area contributed by atoms with Crippen LogP contribution in [0.5, 0.6) is 0 Å². The second-order valence-corrected chi connectivity index (χ2v) is 3.60. The minimum atomic E-state index is 0.669. The molecule has 1 N–H and O–H groups in total. The molecule has 0 atom stereocenters. The van der Waals surface area contributed by atoms with Gasteiger partial charge in [-0.15, -0.1) is 0 Å². The number of hydrogen-bond acceptors (Lipinski definition) is 2. The van der Waals surface area contributed by atoms with E-state index in [1.165, 1.54) is 18.4 Å². The molecular weight excluding hydrogens is 162 g/mol. The van der Waals surface area contributed by atoms with E-state index >= 15 is 0 Å². The van der Waals surface area contributed by atoms with Crippen molar-refractivity contribution < 1.29 is 4.74 Å². The lowest BCUT2D eigenvalue weighted by Crippen LogP contribution is -2.31. The topological polar surface area (TPSA) is 21.3 Å². The summed E-state index contributed by atoms with van der Waals surface area (Å²) in [6.07, 6.45) is 5.81. The summed E-state index contributed by atoms with van der Waals surface area (Å²) in [6, 6.07) is 0.669. The minimum absolute atomic E-state index is 0.669. The van der Waals surface area contributed by atoms with Crippen molar-refractivity contribution in [1.82, 2.24) is 5.32 Å². The van der Waals surface area contributed by atoms with Gasteiger partial charge in [0.05, 0.1) is 13.2 Å². The van der Waals surface area contributed by atoms with Crippen molar-refractivity contribution in [2.24, 2.45) is 0 Å². The van der Waals surface area contributed by atoms with Gasteiger partial charge >= 0.3 is 0 Å². The Kier molecular flexibility index (Phi) is 5.09. The predicted molar refractivity (Wildman–Crippen MR) is 55.9 cm³/mol. The van der Waals surface area contributed by atoms with Crippen LogP contribution >= 0.6 is 0 Å². The molecule has 0 saturated heterocycles. The fraction of sp³-hybridized carbons (Fsp3) is 0.818. The highest BCUT2D eigenvalue weighted by Gasteiger charge is 2.06. The summed E-state index contributed by atoms with van der Waals surface area (Å²) in [5.74, 6) is 0. The standard InChI is InChI=1S/C11H21NO/c1-3-11(4-2)12-8-10-6-5-7-13-9-10/h6,11-12H,3-5,7-9H2,1-2H3. The van der Waals surface area contributed by atoms with Crippen LogP contribution in [0.4, 0.5) is 0 Å². The van der Waals surface area contributed by atoms with Crippen LogP contribution in [0.25, 0.3) is 0 Å². The van der Waals surface area contributed by atoms with Gasteiger partial charge in [0.1, 0.15) is 0 Å². The second-order valence-electron chi connectivity index (χ2n) is 3.60. The molecular formula is C11H21NO. The minimum Gasteiger partial charge on any atom is -0.377 e. The molecule has 0 unspecified atom stereocenters. The van der Waals surface area contributed by atoms with Gasteiger partial charge in [-0.05, 0) is 24.8 Å². The van der Waals surface area contributed by atoms with Crippen LogP contribution in [-0.4, -0.2) is 25.8 Å². The van der Waals surface area contributed by atoms with E-state index in [0.29, 0.717) is 6.04 Å². The summed E-state index contributed by atoms with van der Waals surface area (Å²) in [7, 11) is 0. The van der Waals surface area contributed by atoms with Crippen LogP contribution < -0.4 is 5.32 Å². The molecule has 0 radical (unpaired) electrons. The summed E-state index contributed by atoms with van der Waals surface area (Å²) in [5, 5.41) is 3.54. The van der Waals surface area contributed by atoms with Crippen LogP contribution in [-0.2, 0) is 4.74 Å².